The molecule has 0 aliphatic rings. The van der Waals surface area contributed by atoms with Gasteiger partial charge >= 0.3 is 5.97 Å². The summed E-state index contributed by atoms with van der Waals surface area (Å²) in [5, 5.41) is 13.3. The van der Waals surface area contributed by atoms with Crippen LogP contribution < -0.4 is 10.1 Å². The molecule has 3 aromatic rings. The molecule has 1 atom stereocenters. The molecule has 2 aromatic heterocycles. The molecule has 0 spiro atoms. The number of hydrogen-bond donors (Lipinski definition) is 1. The van der Waals surface area contributed by atoms with Gasteiger partial charge in [-0.25, -0.2) is 4.79 Å². The molecule has 1 N–H and O–H groups in total. The van der Waals surface area contributed by atoms with Crippen LogP contribution in [0.2, 0.25) is 10.0 Å². The Morgan fingerprint density at radius 1 is 1.24 bits per heavy atom. The van der Waals surface area contributed by atoms with Crippen LogP contribution in [0.4, 0.5) is 5.00 Å². The van der Waals surface area contributed by atoms with Gasteiger partial charge in [0, 0.05) is 16.4 Å². The Morgan fingerprint density at radius 3 is 2.65 bits per heavy atom. The van der Waals surface area contributed by atoms with Crippen molar-refractivity contribution in [3.8, 4) is 5.75 Å². The molecular formula is C22H24Cl2N4O4S2. The smallest absolute Gasteiger partial charge is 0.340 e. The van der Waals surface area contributed by atoms with Crippen LogP contribution in [0.5, 0.6) is 5.75 Å². The molecule has 182 valence electrons. The van der Waals surface area contributed by atoms with Crippen molar-refractivity contribution in [2.24, 2.45) is 0 Å². The zero-order chi connectivity index (χ0) is 24.8. The predicted octanol–water partition coefficient (Wildman–Crippen LogP) is 5.89. The van der Waals surface area contributed by atoms with Crippen molar-refractivity contribution >= 4 is 63.2 Å². The number of halogens is 2. The molecule has 0 saturated carbocycles. The van der Waals surface area contributed by atoms with E-state index in [1.807, 2.05) is 25.3 Å². The maximum atomic E-state index is 12.6. The maximum Gasteiger partial charge on any atom is 0.340 e. The molecule has 2 heterocycles. The number of ether oxygens (including phenoxy) is 2. The van der Waals surface area contributed by atoms with E-state index in [1.165, 1.54) is 30.2 Å². The largest absolute Gasteiger partial charge is 0.481 e. The number of thioether (sulfide) groups is 1. The Hall–Kier alpha value is -2.27. The molecule has 34 heavy (non-hydrogen) atoms. The summed E-state index contributed by atoms with van der Waals surface area (Å²) in [6.07, 6.45) is 0.318. The standard InChI is InChI=1S/C22H24Cl2N4O4S2/c1-5-14-10-15(21(30)31-4)20(34-14)25-18(29)11-33-22-27-26-19(28(22)6-2)12(3)32-17-8-7-13(23)9-16(17)24/h7-10,12H,5-6,11H2,1-4H3,(H,25,29). The topological polar surface area (TPSA) is 95.3 Å². The van der Waals surface area contributed by atoms with Gasteiger partial charge in [0.25, 0.3) is 0 Å². The first-order valence-corrected chi connectivity index (χ1v) is 13.0. The van der Waals surface area contributed by atoms with Crippen LogP contribution in [0.15, 0.2) is 29.4 Å². The van der Waals surface area contributed by atoms with E-state index in [1.54, 1.807) is 24.3 Å². The molecule has 12 heteroatoms. The maximum absolute atomic E-state index is 12.6. The molecular weight excluding hydrogens is 519 g/mol. The fourth-order valence-corrected chi connectivity index (χ4v) is 5.35. The van der Waals surface area contributed by atoms with Crippen molar-refractivity contribution in [3.05, 3.63) is 50.6 Å². The van der Waals surface area contributed by atoms with E-state index in [0.717, 1.165) is 11.3 Å². The fraction of sp³-hybridized carbons (Fsp3) is 0.364. The number of amides is 1. The van der Waals surface area contributed by atoms with Gasteiger partial charge in [-0.3, -0.25) is 4.79 Å². The van der Waals surface area contributed by atoms with E-state index in [2.05, 4.69) is 15.5 Å². The van der Waals surface area contributed by atoms with Crippen LogP contribution in [0.3, 0.4) is 0 Å². The number of nitrogens with zero attached hydrogens (tertiary/aromatic N) is 3. The summed E-state index contributed by atoms with van der Waals surface area (Å²) in [5.41, 5.74) is 0.355. The third kappa shape index (κ3) is 6.24. The summed E-state index contributed by atoms with van der Waals surface area (Å²) in [6, 6.07) is 6.75. The number of esters is 1. The Morgan fingerprint density at radius 2 is 2.00 bits per heavy atom. The van der Waals surface area contributed by atoms with Crippen LogP contribution in [-0.2, 0) is 22.5 Å². The molecule has 0 saturated heterocycles. The van der Waals surface area contributed by atoms with E-state index in [9.17, 15) is 9.59 Å². The lowest BCUT2D eigenvalue weighted by molar-refractivity contribution is -0.113. The molecule has 0 aliphatic carbocycles. The first-order chi connectivity index (χ1) is 16.3. The quantitative estimate of drug-likeness (QED) is 0.252. The van der Waals surface area contributed by atoms with Crippen LogP contribution in [0.1, 0.15) is 47.9 Å². The Bertz CT molecular complexity index is 1180. The molecule has 1 amide bonds. The van der Waals surface area contributed by atoms with Gasteiger partial charge in [-0.15, -0.1) is 21.5 Å². The van der Waals surface area contributed by atoms with E-state index >= 15 is 0 Å². The number of carbonyl (C=O) groups is 2. The molecule has 3 rings (SSSR count). The highest BCUT2D eigenvalue weighted by Gasteiger charge is 2.22. The van der Waals surface area contributed by atoms with Crippen LogP contribution in [0.25, 0.3) is 0 Å². The first kappa shape index (κ1) is 26.3. The summed E-state index contributed by atoms with van der Waals surface area (Å²) in [4.78, 5) is 25.6. The van der Waals surface area contributed by atoms with Crippen LogP contribution >= 0.6 is 46.3 Å². The van der Waals surface area contributed by atoms with Crippen molar-refractivity contribution < 1.29 is 19.1 Å². The summed E-state index contributed by atoms with van der Waals surface area (Å²) in [7, 11) is 1.31. The molecule has 1 aromatic carbocycles. The summed E-state index contributed by atoms with van der Waals surface area (Å²) in [6.45, 7) is 6.37. The summed E-state index contributed by atoms with van der Waals surface area (Å²) in [5.74, 6) is 0.445. The minimum atomic E-state index is -0.482. The third-order valence-electron chi connectivity index (χ3n) is 4.75. The van der Waals surface area contributed by atoms with Crippen molar-refractivity contribution in [2.45, 2.75) is 45.0 Å². The highest BCUT2D eigenvalue weighted by atomic mass is 35.5. The number of methoxy groups -OCH3 is 1. The zero-order valence-corrected chi connectivity index (χ0v) is 22.2. The molecule has 8 nitrogen and oxygen atoms in total. The van der Waals surface area contributed by atoms with Gasteiger partial charge in [0.05, 0.1) is 23.4 Å². The Balaban J connectivity index is 1.67. The lowest BCUT2D eigenvalue weighted by Gasteiger charge is -2.16. The number of aryl methyl sites for hydroxylation is 1. The highest BCUT2D eigenvalue weighted by Crippen LogP contribution is 2.32. The number of thiophene rings is 1. The average Bonchev–Trinajstić information content (AvgIpc) is 3.42. The van der Waals surface area contributed by atoms with Gasteiger partial charge in [-0.1, -0.05) is 41.9 Å². The number of rotatable bonds is 10. The lowest BCUT2D eigenvalue weighted by Crippen LogP contribution is -2.16. The van der Waals surface area contributed by atoms with Gasteiger partial charge in [0.2, 0.25) is 5.91 Å². The van der Waals surface area contributed by atoms with Gasteiger partial charge in [-0.05, 0) is 44.5 Å². The molecule has 0 bridgehead atoms. The Kier molecular flexibility index (Phi) is 9.24. The SMILES string of the molecule is CCc1cc(C(=O)OC)c(NC(=O)CSc2nnc(C(C)Oc3ccc(Cl)cc3Cl)n2CC)s1. The fourth-order valence-electron chi connectivity index (χ4n) is 3.08. The number of anilines is 1. The summed E-state index contributed by atoms with van der Waals surface area (Å²) >= 11 is 14.8. The van der Waals surface area contributed by atoms with E-state index in [0.29, 0.717) is 43.9 Å². The number of hydrogen-bond acceptors (Lipinski definition) is 8. The number of aromatic nitrogens is 3. The second-order valence-corrected chi connectivity index (χ2v) is 9.98. The van der Waals surface area contributed by atoms with Gasteiger partial charge in [-0.2, -0.15) is 0 Å². The predicted molar refractivity (Wildman–Crippen MR) is 136 cm³/mol. The second-order valence-electron chi connectivity index (χ2n) is 7.06. The van der Waals surface area contributed by atoms with Crippen LogP contribution in [-0.4, -0.2) is 39.5 Å². The molecule has 1 unspecified atom stereocenters. The second kappa shape index (κ2) is 11.9. The van der Waals surface area contributed by atoms with Gasteiger partial charge < -0.3 is 19.4 Å². The summed E-state index contributed by atoms with van der Waals surface area (Å²) < 4.78 is 12.7. The number of carbonyl (C=O) groups excluding carboxylic acids is 2. The normalized spacial score (nSPS) is 11.8. The Labute approximate surface area is 215 Å². The number of benzene rings is 1. The van der Waals surface area contributed by atoms with Crippen molar-refractivity contribution in [3.63, 3.8) is 0 Å². The highest BCUT2D eigenvalue weighted by molar-refractivity contribution is 7.99. The van der Waals surface area contributed by atoms with Crippen molar-refractivity contribution in [1.82, 2.24) is 14.8 Å². The van der Waals surface area contributed by atoms with Crippen molar-refractivity contribution in [2.75, 3.05) is 18.2 Å². The lowest BCUT2D eigenvalue weighted by atomic mass is 10.2. The minimum absolute atomic E-state index is 0.0936. The van der Waals surface area contributed by atoms with E-state index in [-0.39, 0.29) is 11.7 Å². The first-order valence-electron chi connectivity index (χ1n) is 10.5. The molecule has 0 aliphatic heterocycles. The van der Waals surface area contributed by atoms with Crippen LogP contribution in [0, 0.1) is 0 Å². The van der Waals surface area contributed by atoms with E-state index in [4.69, 9.17) is 32.7 Å². The zero-order valence-electron chi connectivity index (χ0n) is 19.1. The van der Waals surface area contributed by atoms with Gasteiger partial charge in [0.15, 0.2) is 17.1 Å². The van der Waals surface area contributed by atoms with Gasteiger partial charge in [0.1, 0.15) is 10.8 Å². The van der Waals surface area contributed by atoms with Crippen molar-refractivity contribution in [1.29, 1.82) is 0 Å². The number of nitrogens with one attached hydrogen (secondary N) is 1. The third-order valence-corrected chi connectivity index (χ3v) is 7.44. The molecule has 0 radical (unpaired) electrons. The average molecular weight is 543 g/mol. The monoisotopic (exact) mass is 542 g/mol. The van der Waals surface area contributed by atoms with E-state index < -0.39 is 12.1 Å². The minimum Gasteiger partial charge on any atom is -0.481 e. The molecule has 0 fully saturated rings.